The van der Waals surface area contributed by atoms with Gasteiger partial charge in [-0.3, -0.25) is 0 Å². The zero-order valence-corrected chi connectivity index (χ0v) is 12.1. The number of unbranched alkanes of at least 4 members (excludes halogenated alkanes) is 1. The number of pyridine rings is 1. The van der Waals surface area contributed by atoms with E-state index in [2.05, 4.69) is 6.92 Å². The third-order valence-electron chi connectivity index (χ3n) is 4.88. The lowest BCUT2D eigenvalue weighted by Gasteiger charge is -2.26. The lowest BCUT2D eigenvalue weighted by molar-refractivity contribution is -0.624. The molecule has 0 aromatic carbocycles. The van der Waals surface area contributed by atoms with E-state index in [4.69, 9.17) is 0 Å². The number of fused-ring (bicyclic) bond motifs is 2. The van der Waals surface area contributed by atoms with Crippen molar-refractivity contribution in [3.05, 3.63) is 33.3 Å². The lowest BCUT2D eigenvalue weighted by Crippen LogP contribution is -2.42. The number of hydrogen-bond donors (Lipinski definition) is 0. The highest BCUT2D eigenvalue weighted by Gasteiger charge is 2.29. The van der Waals surface area contributed by atoms with Gasteiger partial charge in [0.2, 0.25) is 0 Å². The maximum atomic E-state index is 12.6. The minimum absolute atomic E-state index is 1.01. The van der Waals surface area contributed by atoms with Crippen LogP contribution < -0.4 is 4.73 Å². The third kappa shape index (κ3) is 2.26. The summed E-state index contributed by atoms with van der Waals surface area (Å²) in [5, 5.41) is 12.6. The predicted octanol–water partition coefficient (Wildman–Crippen LogP) is 3.42. The summed E-state index contributed by atoms with van der Waals surface area (Å²) in [5.41, 5.74) is 6.71. The van der Waals surface area contributed by atoms with Crippen LogP contribution in [0, 0.1) is 5.21 Å². The van der Waals surface area contributed by atoms with E-state index >= 15 is 0 Å². The van der Waals surface area contributed by atoms with Crippen LogP contribution in [-0.4, -0.2) is 0 Å². The van der Waals surface area contributed by atoms with E-state index in [0.29, 0.717) is 0 Å². The van der Waals surface area contributed by atoms with Crippen LogP contribution in [0.3, 0.4) is 0 Å². The van der Waals surface area contributed by atoms with E-state index in [1.54, 1.807) is 5.56 Å². The highest BCUT2D eigenvalue weighted by molar-refractivity contribution is 5.40. The first-order valence-electron chi connectivity index (χ1n) is 8.10. The van der Waals surface area contributed by atoms with E-state index in [0.717, 1.165) is 37.1 Å². The summed E-state index contributed by atoms with van der Waals surface area (Å²) in [6, 6.07) is 0. The van der Waals surface area contributed by atoms with Crippen molar-refractivity contribution in [1.29, 1.82) is 0 Å². The van der Waals surface area contributed by atoms with Crippen molar-refractivity contribution in [2.75, 3.05) is 0 Å². The largest absolute Gasteiger partial charge is 0.618 e. The molecule has 0 amide bonds. The summed E-state index contributed by atoms with van der Waals surface area (Å²) in [4.78, 5) is 0. The Morgan fingerprint density at radius 2 is 1.42 bits per heavy atom. The standard InChI is InChI=1S/C17H25NO/c1-2-3-8-13-14-9-4-6-11-16(14)18(19)17-12-7-5-10-15(13)17/h2-12H2,1H3. The van der Waals surface area contributed by atoms with Crippen LogP contribution in [0.15, 0.2) is 0 Å². The maximum absolute atomic E-state index is 12.6. The average Bonchev–Trinajstić information content (AvgIpc) is 2.47. The third-order valence-corrected chi connectivity index (χ3v) is 4.88. The molecule has 0 fully saturated rings. The average molecular weight is 259 g/mol. The molecule has 3 rings (SSSR count). The fraction of sp³-hybridized carbons (Fsp3) is 0.706. The minimum atomic E-state index is 1.01. The fourth-order valence-electron chi connectivity index (χ4n) is 3.88. The number of aromatic nitrogens is 1. The summed E-state index contributed by atoms with van der Waals surface area (Å²) in [5.74, 6) is 0. The van der Waals surface area contributed by atoms with Gasteiger partial charge in [-0.15, -0.1) is 0 Å². The van der Waals surface area contributed by atoms with E-state index < -0.39 is 0 Å². The van der Waals surface area contributed by atoms with Gasteiger partial charge < -0.3 is 5.21 Å². The minimum Gasteiger partial charge on any atom is -0.618 e. The van der Waals surface area contributed by atoms with Crippen molar-refractivity contribution in [2.24, 2.45) is 0 Å². The second-order valence-corrected chi connectivity index (χ2v) is 6.14. The van der Waals surface area contributed by atoms with Gasteiger partial charge in [-0.2, -0.15) is 4.73 Å². The zero-order chi connectivity index (χ0) is 13.2. The SMILES string of the molecule is CCCCc1c2c([n+]([O-])c3c1CCCC3)CCCC2. The highest BCUT2D eigenvalue weighted by atomic mass is 16.5. The molecule has 2 nitrogen and oxygen atoms in total. The maximum Gasteiger partial charge on any atom is 0.196 e. The van der Waals surface area contributed by atoms with Crippen molar-refractivity contribution in [3.63, 3.8) is 0 Å². The zero-order valence-electron chi connectivity index (χ0n) is 12.1. The molecule has 1 aromatic rings. The molecule has 19 heavy (non-hydrogen) atoms. The van der Waals surface area contributed by atoms with Crippen LogP contribution in [0.1, 0.15) is 73.5 Å². The summed E-state index contributed by atoms with van der Waals surface area (Å²) in [6.07, 6.45) is 12.9. The summed E-state index contributed by atoms with van der Waals surface area (Å²) in [7, 11) is 0. The van der Waals surface area contributed by atoms with E-state index in [1.165, 1.54) is 60.8 Å². The van der Waals surface area contributed by atoms with Gasteiger partial charge in [0.1, 0.15) is 0 Å². The second kappa shape index (κ2) is 5.52. The van der Waals surface area contributed by atoms with Crippen LogP contribution in [0.2, 0.25) is 0 Å². The summed E-state index contributed by atoms with van der Waals surface area (Å²) in [6.45, 7) is 2.26. The molecule has 1 aromatic heterocycles. The van der Waals surface area contributed by atoms with E-state index in [-0.39, 0.29) is 0 Å². The molecule has 2 heteroatoms. The van der Waals surface area contributed by atoms with Gasteiger partial charge in [-0.05, 0) is 56.9 Å². The molecular weight excluding hydrogens is 234 g/mol. The monoisotopic (exact) mass is 259 g/mol. The lowest BCUT2D eigenvalue weighted by atomic mass is 9.82. The molecule has 1 heterocycles. The second-order valence-electron chi connectivity index (χ2n) is 6.14. The Labute approximate surface area is 116 Å². The van der Waals surface area contributed by atoms with Crippen molar-refractivity contribution in [1.82, 2.24) is 0 Å². The molecule has 2 aliphatic rings. The predicted molar refractivity (Wildman–Crippen MR) is 77.3 cm³/mol. The molecule has 0 bridgehead atoms. The highest BCUT2D eigenvalue weighted by Crippen LogP contribution is 2.31. The van der Waals surface area contributed by atoms with Crippen LogP contribution in [0.25, 0.3) is 0 Å². The normalized spacial score (nSPS) is 17.9. The van der Waals surface area contributed by atoms with Gasteiger partial charge in [-0.25, -0.2) is 0 Å². The Kier molecular flexibility index (Phi) is 3.76. The molecule has 0 spiro atoms. The smallest absolute Gasteiger partial charge is 0.196 e. The summed E-state index contributed by atoms with van der Waals surface area (Å²) >= 11 is 0. The molecule has 0 aliphatic heterocycles. The first-order chi connectivity index (χ1) is 9.33. The van der Waals surface area contributed by atoms with Crippen molar-refractivity contribution < 1.29 is 4.73 Å². The Balaban J connectivity index is 2.13. The van der Waals surface area contributed by atoms with Crippen molar-refractivity contribution in [3.8, 4) is 0 Å². The van der Waals surface area contributed by atoms with Gasteiger partial charge in [-0.1, -0.05) is 13.3 Å². The fourth-order valence-corrected chi connectivity index (χ4v) is 3.88. The molecule has 0 unspecified atom stereocenters. The first kappa shape index (κ1) is 13.0. The quantitative estimate of drug-likeness (QED) is 0.603. The molecule has 0 radical (unpaired) electrons. The van der Waals surface area contributed by atoms with Gasteiger partial charge in [0.15, 0.2) is 11.4 Å². The molecule has 2 aliphatic carbocycles. The Bertz CT molecular complexity index is 442. The topological polar surface area (TPSA) is 26.9 Å². The number of nitrogens with zero attached hydrogens (tertiary/aromatic N) is 1. The van der Waals surface area contributed by atoms with Crippen LogP contribution >= 0.6 is 0 Å². The molecule has 0 atom stereocenters. The van der Waals surface area contributed by atoms with Crippen LogP contribution in [-0.2, 0) is 32.1 Å². The Morgan fingerprint density at radius 3 is 1.95 bits per heavy atom. The summed E-state index contributed by atoms with van der Waals surface area (Å²) < 4.78 is 1.33. The molecule has 0 N–H and O–H groups in total. The molecule has 0 saturated heterocycles. The van der Waals surface area contributed by atoms with Gasteiger partial charge in [0.05, 0.1) is 0 Å². The Hall–Kier alpha value is -1.05. The molecule has 104 valence electrons. The number of rotatable bonds is 3. The van der Waals surface area contributed by atoms with E-state index in [1.807, 2.05) is 0 Å². The van der Waals surface area contributed by atoms with E-state index in [9.17, 15) is 5.21 Å². The molecular formula is C17H25NO. The molecule has 0 saturated carbocycles. The van der Waals surface area contributed by atoms with Crippen LogP contribution in [0.5, 0.6) is 0 Å². The van der Waals surface area contributed by atoms with Gasteiger partial charge >= 0.3 is 0 Å². The van der Waals surface area contributed by atoms with Crippen molar-refractivity contribution >= 4 is 0 Å². The van der Waals surface area contributed by atoms with Gasteiger partial charge in [0, 0.05) is 24.0 Å². The van der Waals surface area contributed by atoms with Crippen molar-refractivity contribution in [2.45, 2.75) is 77.6 Å². The number of hydrogen-bond acceptors (Lipinski definition) is 1. The first-order valence-corrected chi connectivity index (χ1v) is 8.10. The van der Waals surface area contributed by atoms with Gasteiger partial charge in [0.25, 0.3) is 0 Å². The Morgan fingerprint density at radius 1 is 0.895 bits per heavy atom. The van der Waals surface area contributed by atoms with Crippen LogP contribution in [0.4, 0.5) is 0 Å².